The van der Waals surface area contributed by atoms with Gasteiger partial charge >= 0.3 is 0 Å². The number of hydrogen-bond acceptors (Lipinski definition) is 5. The van der Waals surface area contributed by atoms with Gasteiger partial charge in [0.15, 0.2) is 5.84 Å². The molecule has 0 N–H and O–H groups in total. The van der Waals surface area contributed by atoms with E-state index in [2.05, 4.69) is 44.3 Å². The maximum atomic E-state index is 4.66. The monoisotopic (exact) mass is 304 g/mol. The second-order valence-electron chi connectivity index (χ2n) is 5.45. The average Bonchev–Trinajstić information content (AvgIpc) is 3.23. The topological polar surface area (TPSA) is 68.3 Å². The van der Waals surface area contributed by atoms with Gasteiger partial charge in [0.05, 0.1) is 17.8 Å². The van der Waals surface area contributed by atoms with Crippen molar-refractivity contribution in [2.75, 3.05) is 6.54 Å². The molecule has 0 radical (unpaired) electrons. The van der Waals surface area contributed by atoms with Crippen molar-refractivity contribution in [2.24, 2.45) is 9.98 Å². The van der Waals surface area contributed by atoms with Gasteiger partial charge in [-0.05, 0) is 30.7 Å². The molecule has 6 heteroatoms. The van der Waals surface area contributed by atoms with Crippen molar-refractivity contribution in [3.8, 4) is 0 Å². The van der Waals surface area contributed by atoms with Crippen LogP contribution in [0.15, 0.2) is 52.7 Å². The highest BCUT2D eigenvalue weighted by Crippen LogP contribution is 2.17. The van der Waals surface area contributed by atoms with Crippen molar-refractivity contribution in [2.45, 2.75) is 19.9 Å². The van der Waals surface area contributed by atoms with Crippen LogP contribution in [-0.2, 0) is 6.54 Å². The van der Waals surface area contributed by atoms with Crippen LogP contribution < -0.4 is 0 Å². The molecule has 23 heavy (non-hydrogen) atoms. The van der Waals surface area contributed by atoms with E-state index in [1.807, 2.05) is 22.9 Å². The molecule has 1 aliphatic heterocycles. The molecule has 2 aromatic heterocycles. The molecule has 0 unspecified atom stereocenters. The number of aromatic nitrogens is 4. The molecule has 4 rings (SSSR count). The van der Waals surface area contributed by atoms with Gasteiger partial charge in [0, 0.05) is 30.1 Å². The van der Waals surface area contributed by atoms with Crippen LogP contribution in [0.4, 0.5) is 0 Å². The summed E-state index contributed by atoms with van der Waals surface area (Å²) in [5.41, 5.74) is 4.96. The Morgan fingerprint density at radius 3 is 2.78 bits per heavy atom. The Hall–Kier alpha value is -2.89. The van der Waals surface area contributed by atoms with Gasteiger partial charge in [0.1, 0.15) is 5.52 Å². The fourth-order valence-corrected chi connectivity index (χ4v) is 2.69. The van der Waals surface area contributed by atoms with Crippen molar-refractivity contribution >= 4 is 22.6 Å². The molecule has 6 nitrogen and oxygen atoms in total. The first-order valence-corrected chi connectivity index (χ1v) is 7.71. The van der Waals surface area contributed by atoms with Crippen LogP contribution in [0.2, 0.25) is 0 Å². The number of aryl methyl sites for hydroxylation is 1. The molecule has 0 amide bonds. The molecule has 0 aliphatic carbocycles. The summed E-state index contributed by atoms with van der Waals surface area (Å²) >= 11 is 0. The number of hydrogen-bond donors (Lipinski definition) is 0. The van der Waals surface area contributed by atoms with Crippen LogP contribution >= 0.6 is 0 Å². The number of aliphatic imine (C=N–C) groups is 2. The van der Waals surface area contributed by atoms with Crippen LogP contribution in [-0.4, -0.2) is 38.1 Å². The summed E-state index contributed by atoms with van der Waals surface area (Å²) in [6, 6.07) is 10.0. The molecule has 0 bridgehead atoms. The molecule has 3 heterocycles. The van der Waals surface area contributed by atoms with Gasteiger partial charge in [0.2, 0.25) is 0 Å². The van der Waals surface area contributed by atoms with Crippen molar-refractivity contribution in [1.82, 2.24) is 20.0 Å². The molecular weight excluding hydrogens is 288 g/mol. The highest BCUT2D eigenvalue weighted by molar-refractivity contribution is 6.17. The third kappa shape index (κ3) is 2.52. The molecule has 0 spiro atoms. The first-order valence-electron chi connectivity index (χ1n) is 7.71. The fourth-order valence-electron chi connectivity index (χ4n) is 2.69. The molecule has 1 aliphatic rings. The zero-order valence-electron chi connectivity index (χ0n) is 12.8. The average molecular weight is 304 g/mol. The molecule has 0 atom stereocenters. The predicted molar refractivity (Wildman–Crippen MR) is 90.0 cm³/mol. The highest BCUT2D eigenvalue weighted by atomic mass is 15.4. The van der Waals surface area contributed by atoms with E-state index in [1.165, 1.54) is 0 Å². The largest absolute Gasteiger partial charge is 0.265 e. The van der Waals surface area contributed by atoms with Crippen molar-refractivity contribution < 1.29 is 0 Å². The zero-order chi connectivity index (χ0) is 15.6. The summed E-state index contributed by atoms with van der Waals surface area (Å²) in [6.45, 7) is 3.60. The summed E-state index contributed by atoms with van der Waals surface area (Å²) in [6.07, 6.45) is 4.54. The van der Waals surface area contributed by atoms with Crippen LogP contribution in [0.1, 0.15) is 24.5 Å². The molecule has 0 saturated heterocycles. The number of pyridine rings is 1. The van der Waals surface area contributed by atoms with E-state index in [0.29, 0.717) is 6.54 Å². The normalized spacial score (nSPS) is 14.1. The lowest BCUT2D eigenvalue weighted by Gasteiger charge is -2.01. The van der Waals surface area contributed by atoms with Gasteiger partial charge in [-0.15, -0.1) is 5.10 Å². The van der Waals surface area contributed by atoms with Gasteiger partial charge in [-0.1, -0.05) is 18.2 Å². The van der Waals surface area contributed by atoms with E-state index in [1.54, 1.807) is 12.4 Å². The lowest BCUT2D eigenvalue weighted by Crippen LogP contribution is -2.02. The van der Waals surface area contributed by atoms with E-state index in [0.717, 1.165) is 46.7 Å². The highest BCUT2D eigenvalue weighted by Gasteiger charge is 2.15. The number of fused-ring (bicyclic) bond motifs is 1. The quantitative estimate of drug-likeness (QED) is 0.743. The van der Waals surface area contributed by atoms with E-state index in [4.69, 9.17) is 0 Å². The van der Waals surface area contributed by atoms with E-state index in [9.17, 15) is 0 Å². The Bertz CT molecular complexity index is 907. The predicted octanol–water partition coefficient (Wildman–Crippen LogP) is 2.49. The maximum Gasteiger partial charge on any atom is 0.155 e. The van der Waals surface area contributed by atoms with Crippen LogP contribution in [0.3, 0.4) is 0 Å². The summed E-state index contributed by atoms with van der Waals surface area (Å²) in [7, 11) is 0. The van der Waals surface area contributed by atoms with Crippen LogP contribution in [0.25, 0.3) is 11.0 Å². The van der Waals surface area contributed by atoms with Crippen LogP contribution in [0.5, 0.6) is 0 Å². The summed E-state index contributed by atoms with van der Waals surface area (Å²) in [5.74, 6) is 0.761. The van der Waals surface area contributed by atoms with Crippen LogP contribution in [0, 0.1) is 0 Å². The van der Waals surface area contributed by atoms with Crippen molar-refractivity contribution in [1.29, 1.82) is 0 Å². The summed E-state index contributed by atoms with van der Waals surface area (Å²) in [5, 5.41) is 8.47. The van der Waals surface area contributed by atoms with Crippen molar-refractivity contribution in [3.63, 3.8) is 0 Å². The summed E-state index contributed by atoms with van der Waals surface area (Å²) in [4.78, 5) is 13.2. The Balaban J connectivity index is 1.65. The lowest BCUT2D eigenvalue weighted by molar-refractivity contribution is 0.596. The Labute approximate surface area is 133 Å². The first kappa shape index (κ1) is 13.8. The smallest absolute Gasteiger partial charge is 0.155 e. The number of benzene rings is 1. The van der Waals surface area contributed by atoms with E-state index < -0.39 is 0 Å². The number of nitrogens with zero attached hydrogens (tertiary/aromatic N) is 6. The Kier molecular flexibility index (Phi) is 3.42. The Morgan fingerprint density at radius 2 is 1.96 bits per heavy atom. The molecule has 0 saturated carbocycles. The standard InChI is InChI=1S/C17H16N6/c1-2-9-23-16-4-3-13(10-14(16)21-22-23)15-11-19-17(20-15)12-5-7-18-8-6-12/h3-8,10H,2,9,11H2,1H3. The molecule has 0 fully saturated rings. The second kappa shape index (κ2) is 5.72. The third-order valence-corrected chi connectivity index (χ3v) is 3.84. The van der Waals surface area contributed by atoms with Gasteiger partial charge in [-0.25, -0.2) is 9.67 Å². The summed E-state index contributed by atoms with van der Waals surface area (Å²) < 4.78 is 1.94. The molecule has 114 valence electrons. The van der Waals surface area contributed by atoms with Gasteiger partial charge in [-0.3, -0.25) is 9.98 Å². The number of amidine groups is 1. The molecular formula is C17H16N6. The van der Waals surface area contributed by atoms with Crippen molar-refractivity contribution in [3.05, 3.63) is 53.9 Å². The second-order valence-corrected chi connectivity index (χ2v) is 5.45. The van der Waals surface area contributed by atoms with Gasteiger partial charge in [0.25, 0.3) is 0 Å². The first-order chi connectivity index (χ1) is 11.3. The minimum Gasteiger partial charge on any atom is -0.265 e. The third-order valence-electron chi connectivity index (χ3n) is 3.84. The van der Waals surface area contributed by atoms with E-state index >= 15 is 0 Å². The van der Waals surface area contributed by atoms with Gasteiger partial charge in [-0.2, -0.15) is 0 Å². The Morgan fingerprint density at radius 1 is 1.09 bits per heavy atom. The maximum absolute atomic E-state index is 4.66. The minimum atomic E-state index is 0.590. The van der Waals surface area contributed by atoms with Gasteiger partial charge < -0.3 is 0 Å². The zero-order valence-corrected chi connectivity index (χ0v) is 12.8. The minimum absolute atomic E-state index is 0.590. The van der Waals surface area contributed by atoms with E-state index in [-0.39, 0.29) is 0 Å². The number of rotatable bonds is 4. The molecule has 1 aromatic carbocycles. The lowest BCUT2D eigenvalue weighted by atomic mass is 10.1. The SMILES string of the molecule is CCCn1nnc2cc(C3=NC(c4ccncc4)=NC3)ccc21. The molecule has 3 aromatic rings. The fraction of sp³-hybridized carbons (Fsp3) is 0.235.